The Hall–Kier alpha value is -4.73. The van der Waals surface area contributed by atoms with E-state index in [9.17, 15) is 14.0 Å². The minimum atomic E-state index is -0.672. The molecule has 1 unspecified atom stereocenters. The number of carbonyl (C=O) groups is 2. The number of benzene rings is 4. The molecule has 0 spiro atoms. The molecule has 8 nitrogen and oxygen atoms in total. The molecule has 0 aromatic heterocycles. The Morgan fingerprint density at radius 3 is 1.94 bits per heavy atom. The summed E-state index contributed by atoms with van der Waals surface area (Å²) in [6.45, 7) is 7.81. The van der Waals surface area contributed by atoms with E-state index in [2.05, 4.69) is 6.92 Å². The predicted octanol–water partition coefficient (Wildman–Crippen LogP) is 8.01. The Morgan fingerprint density at radius 2 is 1.38 bits per heavy atom. The van der Waals surface area contributed by atoms with E-state index in [0.717, 1.165) is 67.4 Å². The Labute approximate surface area is 279 Å². The largest absolute Gasteiger partial charge is 0.494 e. The van der Waals surface area contributed by atoms with Gasteiger partial charge in [0.15, 0.2) is 11.6 Å². The molecule has 1 saturated heterocycles. The van der Waals surface area contributed by atoms with E-state index in [1.165, 1.54) is 19.2 Å². The average molecular weight is 655 g/mol. The number of hydrogen-bond acceptors (Lipinski definition) is 8. The highest BCUT2D eigenvalue weighted by molar-refractivity contribution is 5.92. The number of methoxy groups -OCH3 is 1. The number of hydrogen-bond donors (Lipinski definition) is 0. The summed E-state index contributed by atoms with van der Waals surface area (Å²) >= 11 is 0. The summed E-state index contributed by atoms with van der Waals surface area (Å²) in [7, 11) is 1.36. The number of rotatable bonds is 14. The van der Waals surface area contributed by atoms with Crippen LogP contribution in [0, 0.1) is 11.2 Å². The zero-order valence-corrected chi connectivity index (χ0v) is 27.4. The van der Waals surface area contributed by atoms with Gasteiger partial charge < -0.3 is 28.4 Å². The van der Waals surface area contributed by atoms with E-state index in [1.54, 1.807) is 36.4 Å². The summed E-state index contributed by atoms with van der Waals surface area (Å²) in [5, 5.41) is 0. The van der Waals surface area contributed by atoms with Crippen LogP contribution in [0.2, 0.25) is 0 Å². The Balaban J connectivity index is 0.996. The van der Waals surface area contributed by atoms with Crippen molar-refractivity contribution in [2.24, 2.45) is 5.41 Å². The van der Waals surface area contributed by atoms with Crippen LogP contribution >= 0.6 is 0 Å². The molecule has 0 saturated carbocycles. The summed E-state index contributed by atoms with van der Waals surface area (Å²) in [4.78, 5) is 25.7. The fourth-order valence-electron chi connectivity index (χ4n) is 5.96. The molecular weight excluding hydrogens is 615 g/mol. The van der Waals surface area contributed by atoms with E-state index >= 15 is 0 Å². The number of ether oxygens (including phenoxy) is 6. The first-order chi connectivity index (χ1) is 23.3. The van der Waals surface area contributed by atoms with Gasteiger partial charge in [0.2, 0.25) is 0 Å². The van der Waals surface area contributed by atoms with Gasteiger partial charge in [-0.1, -0.05) is 26.0 Å². The van der Waals surface area contributed by atoms with E-state index < -0.39 is 17.8 Å². The Bertz CT molecular complexity index is 1770. The van der Waals surface area contributed by atoms with Crippen molar-refractivity contribution in [3.8, 4) is 34.1 Å². The molecule has 250 valence electrons. The van der Waals surface area contributed by atoms with Gasteiger partial charge in [0.05, 0.1) is 44.7 Å². The molecule has 4 aromatic carbocycles. The van der Waals surface area contributed by atoms with E-state index in [0.29, 0.717) is 36.0 Å². The average Bonchev–Trinajstić information content (AvgIpc) is 3.35. The molecular formula is C39H39FO8. The Kier molecular flexibility index (Phi) is 10.1. The lowest BCUT2D eigenvalue weighted by atomic mass is 9.84. The summed E-state index contributed by atoms with van der Waals surface area (Å²) < 4.78 is 47.3. The van der Waals surface area contributed by atoms with Crippen molar-refractivity contribution in [1.29, 1.82) is 0 Å². The molecule has 2 aliphatic rings. The zero-order chi connectivity index (χ0) is 33.7. The van der Waals surface area contributed by atoms with Crippen LogP contribution < -0.4 is 18.9 Å². The second-order valence-corrected chi connectivity index (χ2v) is 12.3. The molecule has 0 bridgehead atoms. The molecule has 9 heteroatoms. The van der Waals surface area contributed by atoms with Crippen LogP contribution in [0.5, 0.6) is 23.0 Å². The van der Waals surface area contributed by atoms with Crippen LogP contribution in [0.1, 0.15) is 70.9 Å². The smallest absolute Gasteiger partial charge is 0.343 e. The molecule has 1 atom stereocenters. The first-order valence-corrected chi connectivity index (χ1v) is 16.2. The van der Waals surface area contributed by atoms with Crippen LogP contribution in [0.3, 0.4) is 0 Å². The first-order valence-electron chi connectivity index (χ1n) is 16.2. The van der Waals surface area contributed by atoms with Gasteiger partial charge in [-0.05, 0) is 108 Å². The van der Waals surface area contributed by atoms with Crippen molar-refractivity contribution in [2.75, 3.05) is 40.1 Å². The highest BCUT2D eigenvalue weighted by Crippen LogP contribution is 2.47. The summed E-state index contributed by atoms with van der Waals surface area (Å²) in [5.74, 6) is -0.300. The lowest BCUT2D eigenvalue weighted by molar-refractivity contribution is -0.150. The lowest BCUT2D eigenvalue weighted by Gasteiger charge is -2.40. The van der Waals surface area contributed by atoms with Crippen molar-refractivity contribution in [1.82, 2.24) is 0 Å². The van der Waals surface area contributed by atoms with Crippen molar-refractivity contribution >= 4 is 11.9 Å². The van der Waals surface area contributed by atoms with Gasteiger partial charge in [-0.3, -0.25) is 0 Å². The van der Waals surface area contributed by atoms with Gasteiger partial charge in [0.25, 0.3) is 0 Å². The minimum absolute atomic E-state index is 0.0425. The number of halogens is 1. The molecule has 0 N–H and O–H groups in total. The van der Waals surface area contributed by atoms with Gasteiger partial charge in [-0.15, -0.1) is 0 Å². The fourth-order valence-corrected chi connectivity index (χ4v) is 5.96. The topological polar surface area (TPSA) is 89.5 Å². The Morgan fingerprint density at radius 1 is 0.792 bits per heavy atom. The van der Waals surface area contributed by atoms with Gasteiger partial charge >= 0.3 is 11.9 Å². The van der Waals surface area contributed by atoms with Gasteiger partial charge in [-0.2, -0.15) is 0 Å². The fraction of sp³-hybridized carbons (Fsp3) is 0.333. The third-order valence-electron chi connectivity index (χ3n) is 9.09. The van der Waals surface area contributed by atoms with E-state index in [-0.39, 0.29) is 22.6 Å². The standard InChI is InChI=1S/C39H39FO8/c1-4-39(23-45-24-39)22-44-17-5-6-18-46-28-10-7-26(8-11-28)37(41)47-29-12-14-31-32-15-13-30(21-34(32)25(2)33(31)20-29)48-38(42)27-9-16-36(43-3)35(40)19-27/h7-16,19-21,25H,4-6,17-18,22-24H2,1-3H3. The quantitative estimate of drug-likeness (QED) is 0.0768. The molecule has 48 heavy (non-hydrogen) atoms. The second-order valence-electron chi connectivity index (χ2n) is 12.3. The van der Waals surface area contributed by atoms with Crippen LogP contribution in [0.4, 0.5) is 4.39 Å². The van der Waals surface area contributed by atoms with Gasteiger partial charge in [0, 0.05) is 17.9 Å². The normalized spacial score (nSPS) is 15.5. The maximum atomic E-state index is 14.1. The minimum Gasteiger partial charge on any atom is -0.494 e. The maximum absolute atomic E-state index is 14.1. The lowest BCUT2D eigenvalue weighted by Crippen LogP contribution is -2.45. The van der Waals surface area contributed by atoms with Gasteiger partial charge in [-0.25, -0.2) is 14.0 Å². The predicted molar refractivity (Wildman–Crippen MR) is 178 cm³/mol. The molecule has 1 heterocycles. The zero-order valence-electron chi connectivity index (χ0n) is 27.4. The molecule has 6 rings (SSSR count). The summed E-state index contributed by atoms with van der Waals surface area (Å²) in [6.07, 6.45) is 2.86. The van der Waals surface area contributed by atoms with Crippen LogP contribution in [-0.4, -0.2) is 52.1 Å². The van der Waals surface area contributed by atoms with Gasteiger partial charge in [0.1, 0.15) is 17.2 Å². The highest BCUT2D eigenvalue weighted by atomic mass is 19.1. The van der Waals surface area contributed by atoms with Crippen molar-refractivity contribution in [3.63, 3.8) is 0 Å². The number of fused-ring (bicyclic) bond motifs is 3. The monoisotopic (exact) mass is 654 g/mol. The van der Waals surface area contributed by atoms with Crippen molar-refractivity contribution in [2.45, 2.75) is 39.0 Å². The molecule has 4 aromatic rings. The molecule has 1 aliphatic carbocycles. The van der Waals surface area contributed by atoms with Crippen molar-refractivity contribution < 1.29 is 42.4 Å². The second kappa shape index (κ2) is 14.6. The SMILES string of the molecule is CCC1(COCCCCOc2ccc(C(=O)Oc3ccc4c(c3)C(C)c3cc(OC(=O)c5ccc(OC)c(F)c5)ccc3-4)cc2)COC1. The number of esters is 2. The van der Waals surface area contributed by atoms with Crippen LogP contribution in [-0.2, 0) is 9.47 Å². The highest BCUT2D eigenvalue weighted by Gasteiger charge is 2.36. The van der Waals surface area contributed by atoms with Crippen LogP contribution in [0.25, 0.3) is 11.1 Å². The maximum Gasteiger partial charge on any atom is 0.343 e. The van der Waals surface area contributed by atoms with E-state index in [1.807, 2.05) is 31.2 Å². The van der Waals surface area contributed by atoms with E-state index in [4.69, 9.17) is 28.4 Å². The molecule has 1 aliphatic heterocycles. The van der Waals surface area contributed by atoms with Crippen LogP contribution in [0.15, 0.2) is 78.9 Å². The third kappa shape index (κ3) is 7.22. The summed E-state index contributed by atoms with van der Waals surface area (Å²) in [6, 6.07) is 21.8. The molecule has 0 radical (unpaired) electrons. The van der Waals surface area contributed by atoms with Crippen molar-refractivity contribution in [3.05, 3.63) is 107 Å². The first kappa shape index (κ1) is 33.2. The number of unbranched alkanes of at least 4 members (excludes halogenated alkanes) is 1. The molecule has 1 fully saturated rings. The third-order valence-corrected chi connectivity index (χ3v) is 9.09. The summed E-state index contributed by atoms with van der Waals surface area (Å²) in [5.41, 5.74) is 4.68. The molecule has 0 amide bonds. The number of carbonyl (C=O) groups excluding carboxylic acids is 2.